The Morgan fingerprint density at radius 1 is 1.15 bits per heavy atom. The second-order valence-electron chi connectivity index (χ2n) is 5.22. The van der Waals surface area contributed by atoms with Gasteiger partial charge in [0.2, 0.25) is 0 Å². The van der Waals surface area contributed by atoms with Crippen molar-refractivity contribution in [2.45, 2.75) is 26.9 Å². The number of aliphatic hydroxyl groups excluding tert-OH is 1. The molecule has 1 saturated heterocycles. The van der Waals surface area contributed by atoms with Crippen LogP contribution in [-0.2, 0) is 14.3 Å². The van der Waals surface area contributed by atoms with Crippen molar-refractivity contribution in [3.05, 3.63) is 34.4 Å². The summed E-state index contributed by atoms with van der Waals surface area (Å²) >= 11 is 0. The monoisotopic (exact) mass is 277 g/mol. The molecule has 0 saturated carbocycles. The van der Waals surface area contributed by atoms with Gasteiger partial charge in [-0.1, -0.05) is 17.7 Å². The number of imide groups is 1. The van der Waals surface area contributed by atoms with Crippen LogP contribution in [0, 0.1) is 20.8 Å². The average Bonchev–Trinajstić information content (AvgIpc) is 2.32. The van der Waals surface area contributed by atoms with Crippen LogP contribution in [0.1, 0.15) is 28.4 Å². The molecule has 1 aliphatic rings. The number of β-amino-alcohol motifs (C(OH)–C–C–N with tert-alkyl or cyclic N) is 1. The van der Waals surface area contributed by atoms with Crippen LogP contribution in [0.4, 0.5) is 0 Å². The van der Waals surface area contributed by atoms with E-state index in [4.69, 9.17) is 4.74 Å². The minimum atomic E-state index is -0.874. The summed E-state index contributed by atoms with van der Waals surface area (Å²) in [6.07, 6.45) is -0.874. The van der Waals surface area contributed by atoms with E-state index in [0.29, 0.717) is 0 Å². The van der Waals surface area contributed by atoms with Crippen molar-refractivity contribution in [1.29, 1.82) is 0 Å². The Bertz CT molecular complexity index is 514. The van der Waals surface area contributed by atoms with Crippen molar-refractivity contribution < 1.29 is 19.4 Å². The molecule has 1 aliphatic heterocycles. The molecule has 2 rings (SSSR count). The minimum absolute atomic E-state index is 0.0221. The zero-order chi connectivity index (χ0) is 14.9. The molecule has 108 valence electrons. The van der Waals surface area contributed by atoms with Gasteiger partial charge in [-0.2, -0.15) is 0 Å². The van der Waals surface area contributed by atoms with Gasteiger partial charge in [0.05, 0.1) is 12.6 Å². The molecular formula is C15H19NO4. The fourth-order valence-electron chi connectivity index (χ4n) is 2.71. The largest absolute Gasteiger partial charge is 0.387 e. The predicted molar refractivity (Wildman–Crippen MR) is 73.2 cm³/mol. The van der Waals surface area contributed by atoms with Crippen molar-refractivity contribution in [3.8, 4) is 0 Å². The molecule has 2 amide bonds. The third-order valence-corrected chi connectivity index (χ3v) is 3.48. The van der Waals surface area contributed by atoms with E-state index in [9.17, 15) is 14.7 Å². The number of benzene rings is 1. The maximum atomic E-state index is 11.7. The maximum absolute atomic E-state index is 11.7. The van der Waals surface area contributed by atoms with Gasteiger partial charge in [0.15, 0.2) is 0 Å². The Hall–Kier alpha value is -1.72. The van der Waals surface area contributed by atoms with E-state index < -0.39 is 17.9 Å². The van der Waals surface area contributed by atoms with Crippen LogP contribution < -0.4 is 0 Å². The molecule has 0 radical (unpaired) electrons. The number of carbonyl (C=O) groups excluding carboxylic acids is 2. The number of aryl methyl sites for hydroxylation is 3. The summed E-state index contributed by atoms with van der Waals surface area (Å²) in [5, 5.41) is 10.4. The summed E-state index contributed by atoms with van der Waals surface area (Å²) in [5.74, 6) is -0.801. The van der Waals surface area contributed by atoms with Crippen LogP contribution >= 0.6 is 0 Å². The van der Waals surface area contributed by atoms with Crippen LogP contribution in [0.5, 0.6) is 0 Å². The standard InChI is InChI=1S/C15H19NO4/c1-9-4-10(2)15(11(3)5-9)12(17)6-16-13(18)7-20-8-14(16)19/h4-5,12,17H,6-8H2,1-3H3. The highest BCUT2D eigenvalue weighted by atomic mass is 16.5. The van der Waals surface area contributed by atoms with Crippen molar-refractivity contribution >= 4 is 11.8 Å². The van der Waals surface area contributed by atoms with Gasteiger partial charge in [-0.3, -0.25) is 14.5 Å². The quantitative estimate of drug-likeness (QED) is 0.838. The van der Waals surface area contributed by atoms with E-state index in [1.807, 2.05) is 32.9 Å². The van der Waals surface area contributed by atoms with Crippen LogP contribution in [0.2, 0.25) is 0 Å². The molecule has 5 nitrogen and oxygen atoms in total. The Labute approximate surface area is 118 Å². The smallest absolute Gasteiger partial charge is 0.255 e. The van der Waals surface area contributed by atoms with Gasteiger partial charge in [0.25, 0.3) is 11.8 Å². The highest BCUT2D eigenvalue weighted by molar-refractivity contribution is 5.98. The number of amides is 2. The van der Waals surface area contributed by atoms with Crippen LogP contribution in [0.25, 0.3) is 0 Å². The number of morpholine rings is 1. The van der Waals surface area contributed by atoms with E-state index in [2.05, 4.69) is 0 Å². The summed E-state index contributed by atoms with van der Waals surface area (Å²) in [6, 6.07) is 3.96. The van der Waals surface area contributed by atoms with E-state index in [-0.39, 0.29) is 19.8 Å². The highest BCUT2D eigenvalue weighted by Gasteiger charge is 2.29. The number of hydrogen-bond donors (Lipinski definition) is 1. The lowest BCUT2D eigenvalue weighted by molar-refractivity contribution is -0.160. The van der Waals surface area contributed by atoms with Crippen molar-refractivity contribution in [1.82, 2.24) is 4.90 Å². The maximum Gasteiger partial charge on any atom is 0.255 e. The molecule has 1 N–H and O–H groups in total. The van der Waals surface area contributed by atoms with Gasteiger partial charge in [-0.25, -0.2) is 0 Å². The second-order valence-corrected chi connectivity index (χ2v) is 5.22. The van der Waals surface area contributed by atoms with Crippen LogP contribution in [0.15, 0.2) is 12.1 Å². The van der Waals surface area contributed by atoms with E-state index in [1.54, 1.807) is 0 Å². The number of aliphatic hydroxyl groups is 1. The normalized spacial score (nSPS) is 17.5. The van der Waals surface area contributed by atoms with Gasteiger partial charge in [-0.15, -0.1) is 0 Å². The van der Waals surface area contributed by atoms with E-state index in [0.717, 1.165) is 27.2 Å². The molecule has 20 heavy (non-hydrogen) atoms. The SMILES string of the molecule is Cc1cc(C)c(C(O)CN2C(=O)COCC2=O)c(C)c1. The van der Waals surface area contributed by atoms with Gasteiger partial charge < -0.3 is 9.84 Å². The number of carbonyl (C=O) groups is 2. The first-order valence-corrected chi connectivity index (χ1v) is 6.57. The zero-order valence-electron chi connectivity index (χ0n) is 12.0. The van der Waals surface area contributed by atoms with Crippen molar-refractivity contribution in [2.75, 3.05) is 19.8 Å². The highest BCUT2D eigenvalue weighted by Crippen LogP contribution is 2.24. The fourth-order valence-corrected chi connectivity index (χ4v) is 2.71. The predicted octanol–water partition coefficient (Wildman–Crippen LogP) is 1.03. The topological polar surface area (TPSA) is 66.8 Å². The molecule has 0 aliphatic carbocycles. The molecule has 1 atom stereocenters. The lowest BCUT2D eigenvalue weighted by Gasteiger charge is -2.28. The molecule has 1 aromatic carbocycles. The molecule has 1 fully saturated rings. The van der Waals surface area contributed by atoms with Crippen molar-refractivity contribution in [2.24, 2.45) is 0 Å². The van der Waals surface area contributed by atoms with Crippen LogP contribution in [0.3, 0.4) is 0 Å². The lowest BCUT2D eigenvalue weighted by atomic mass is 9.95. The first-order chi connectivity index (χ1) is 9.40. The molecule has 5 heteroatoms. The average molecular weight is 277 g/mol. The van der Waals surface area contributed by atoms with Crippen molar-refractivity contribution in [3.63, 3.8) is 0 Å². The number of ether oxygens (including phenoxy) is 1. The zero-order valence-corrected chi connectivity index (χ0v) is 12.0. The Balaban J connectivity index is 2.22. The third kappa shape index (κ3) is 2.89. The van der Waals surface area contributed by atoms with E-state index >= 15 is 0 Å². The molecule has 0 bridgehead atoms. The Morgan fingerprint density at radius 3 is 2.15 bits per heavy atom. The third-order valence-electron chi connectivity index (χ3n) is 3.48. The lowest BCUT2D eigenvalue weighted by Crippen LogP contribution is -2.47. The summed E-state index contributed by atoms with van der Waals surface area (Å²) in [5.41, 5.74) is 3.82. The summed E-state index contributed by atoms with van der Waals surface area (Å²) in [4.78, 5) is 24.4. The summed E-state index contributed by atoms with van der Waals surface area (Å²) in [7, 11) is 0. The number of hydrogen-bond acceptors (Lipinski definition) is 4. The van der Waals surface area contributed by atoms with Gasteiger partial charge in [-0.05, 0) is 37.5 Å². The minimum Gasteiger partial charge on any atom is -0.387 e. The Kier molecular flexibility index (Phi) is 4.20. The fraction of sp³-hybridized carbons (Fsp3) is 0.467. The molecule has 1 aromatic rings. The second kappa shape index (κ2) is 5.73. The van der Waals surface area contributed by atoms with Gasteiger partial charge >= 0.3 is 0 Å². The molecule has 0 spiro atoms. The van der Waals surface area contributed by atoms with E-state index in [1.165, 1.54) is 0 Å². The Morgan fingerprint density at radius 2 is 1.65 bits per heavy atom. The number of nitrogens with zero attached hydrogens (tertiary/aromatic N) is 1. The molecule has 1 unspecified atom stereocenters. The molecular weight excluding hydrogens is 258 g/mol. The summed E-state index contributed by atoms with van der Waals surface area (Å²) in [6.45, 7) is 5.59. The first kappa shape index (κ1) is 14.7. The number of rotatable bonds is 3. The van der Waals surface area contributed by atoms with Gasteiger partial charge in [0, 0.05) is 0 Å². The molecule has 0 aromatic heterocycles. The van der Waals surface area contributed by atoms with Crippen LogP contribution in [-0.4, -0.2) is 41.6 Å². The summed E-state index contributed by atoms with van der Waals surface area (Å²) < 4.78 is 4.85. The molecule has 1 heterocycles. The first-order valence-electron chi connectivity index (χ1n) is 6.57. The van der Waals surface area contributed by atoms with Gasteiger partial charge in [0.1, 0.15) is 13.2 Å².